The molecule has 0 aromatic heterocycles. The van der Waals surface area contributed by atoms with Crippen LogP contribution in [0.2, 0.25) is 0 Å². The van der Waals surface area contributed by atoms with Crippen molar-refractivity contribution in [3.8, 4) is 5.75 Å². The number of hydrogen-bond acceptors (Lipinski definition) is 2. The number of hydrogen-bond donors (Lipinski definition) is 1. The van der Waals surface area contributed by atoms with Crippen molar-refractivity contribution in [3.63, 3.8) is 0 Å². The van der Waals surface area contributed by atoms with Crippen molar-refractivity contribution in [2.75, 3.05) is 0 Å². The quantitative estimate of drug-likeness (QED) is 0.613. The molecule has 12 heavy (non-hydrogen) atoms. The lowest BCUT2D eigenvalue weighted by Gasteiger charge is -2.19. The number of benzene rings is 1. The van der Waals surface area contributed by atoms with Gasteiger partial charge in [0, 0.05) is 12.1 Å². The molecular weight excluding hydrogens is 170 g/mol. The Kier molecular flexibility index (Phi) is 1.73. The molecule has 1 heterocycles. The van der Waals surface area contributed by atoms with Gasteiger partial charge in [-0.25, -0.2) is 0 Å². The van der Waals surface area contributed by atoms with Crippen LogP contribution in [0.3, 0.4) is 0 Å². The molecule has 0 radical (unpaired) electrons. The molecule has 62 valence electrons. The van der Waals surface area contributed by atoms with Gasteiger partial charge >= 0.3 is 0 Å². The van der Waals surface area contributed by atoms with E-state index in [9.17, 15) is 0 Å². The first-order chi connectivity index (χ1) is 5.75. The molecular formula is C9H9NOS. The Morgan fingerprint density at radius 1 is 1.50 bits per heavy atom. The second-order valence-electron chi connectivity index (χ2n) is 2.85. The Labute approximate surface area is 76.5 Å². The standard InChI is InChI=1S/C9H9NOS/c1-6-2-3-8-7(4-6)5-10-9(12)11-8/h2-4H,5H2,1H3,(H,10,12). The van der Waals surface area contributed by atoms with E-state index in [1.165, 1.54) is 11.1 Å². The summed E-state index contributed by atoms with van der Waals surface area (Å²) in [5.74, 6) is 0.879. The summed E-state index contributed by atoms with van der Waals surface area (Å²) in [6, 6.07) is 6.08. The van der Waals surface area contributed by atoms with Crippen molar-refractivity contribution in [2.24, 2.45) is 0 Å². The smallest absolute Gasteiger partial charge is 0.262 e. The third-order valence-corrected chi connectivity index (χ3v) is 2.07. The van der Waals surface area contributed by atoms with Crippen molar-refractivity contribution in [2.45, 2.75) is 13.5 Å². The Balaban J connectivity index is 2.43. The molecule has 0 atom stereocenters. The Morgan fingerprint density at radius 3 is 3.17 bits per heavy atom. The van der Waals surface area contributed by atoms with Crippen molar-refractivity contribution in [3.05, 3.63) is 29.3 Å². The maximum atomic E-state index is 5.31. The van der Waals surface area contributed by atoms with E-state index in [1.807, 2.05) is 12.1 Å². The van der Waals surface area contributed by atoms with Gasteiger partial charge in [0.15, 0.2) is 0 Å². The van der Waals surface area contributed by atoms with Crippen LogP contribution in [0.5, 0.6) is 5.75 Å². The van der Waals surface area contributed by atoms with Gasteiger partial charge in [0.05, 0.1) is 0 Å². The molecule has 0 saturated heterocycles. The predicted octanol–water partition coefficient (Wildman–Crippen LogP) is 1.76. The van der Waals surface area contributed by atoms with Gasteiger partial charge in [0.1, 0.15) is 5.75 Å². The van der Waals surface area contributed by atoms with E-state index in [1.54, 1.807) is 0 Å². The summed E-state index contributed by atoms with van der Waals surface area (Å²) in [6.07, 6.45) is 0. The first kappa shape index (κ1) is 7.55. The van der Waals surface area contributed by atoms with Crippen LogP contribution in [0.4, 0.5) is 0 Å². The molecule has 0 spiro atoms. The van der Waals surface area contributed by atoms with Gasteiger partial charge in [0.2, 0.25) is 0 Å². The van der Waals surface area contributed by atoms with Gasteiger partial charge < -0.3 is 10.1 Å². The van der Waals surface area contributed by atoms with Crippen LogP contribution in [-0.4, -0.2) is 5.17 Å². The topological polar surface area (TPSA) is 21.3 Å². The number of rotatable bonds is 0. The summed E-state index contributed by atoms with van der Waals surface area (Å²) >= 11 is 4.88. The summed E-state index contributed by atoms with van der Waals surface area (Å²) in [5.41, 5.74) is 2.41. The van der Waals surface area contributed by atoms with E-state index < -0.39 is 0 Å². The number of aryl methyl sites for hydroxylation is 1. The molecule has 0 unspecified atom stereocenters. The number of fused-ring (bicyclic) bond motifs is 1. The minimum atomic E-state index is 0.464. The van der Waals surface area contributed by atoms with Crippen molar-refractivity contribution >= 4 is 17.4 Å². The fourth-order valence-corrected chi connectivity index (χ4v) is 1.41. The monoisotopic (exact) mass is 179 g/mol. The SMILES string of the molecule is Cc1ccc2c(c1)CNC(=S)O2. The zero-order valence-corrected chi connectivity index (χ0v) is 7.57. The van der Waals surface area contributed by atoms with Crippen LogP contribution in [0.1, 0.15) is 11.1 Å². The average Bonchev–Trinajstić information content (AvgIpc) is 2.05. The van der Waals surface area contributed by atoms with Crippen LogP contribution in [0, 0.1) is 6.92 Å². The number of nitrogens with one attached hydrogen (secondary N) is 1. The third-order valence-electron chi connectivity index (χ3n) is 1.84. The highest BCUT2D eigenvalue weighted by atomic mass is 32.1. The fourth-order valence-electron chi connectivity index (χ4n) is 1.25. The molecule has 0 saturated carbocycles. The van der Waals surface area contributed by atoms with Gasteiger partial charge in [-0.05, 0) is 25.2 Å². The lowest BCUT2D eigenvalue weighted by molar-refractivity contribution is 0.497. The maximum absolute atomic E-state index is 5.31. The normalized spacial score (nSPS) is 14.6. The number of thiocarbonyl (C=S) groups is 1. The molecule has 1 aromatic rings. The highest BCUT2D eigenvalue weighted by Crippen LogP contribution is 2.22. The first-order valence-electron chi connectivity index (χ1n) is 3.81. The third kappa shape index (κ3) is 1.28. The molecule has 1 aliphatic heterocycles. The maximum Gasteiger partial charge on any atom is 0.262 e. The fraction of sp³-hybridized carbons (Fsp3) is 0.222. The summed E-state index contributed by atoms with van der Waals surface area (Å²) < 4.78 is 5.31. The molecule has 1 aromatic carbocycles. The first-order valence-corrected chi connectivity index (χ1v) is 4.22. The van der Waals surface area contributed by atoms with E-state index >= 15 is 0 Å². The lowest BCUT2D eigenvalue weighted by Crippen LogP contribution is -2.30. The van der Waals surface area contributed by atoms with Gasteiger partial charge in [-0.15, -0.1) is 0 Å². The van der Waals surface area contributed by atoms with E-state index in [4.69, 9.17) is 17.0 Å². The minimum Gasteiger partial charge on any atom is -0.432 e. The summed E-state index contributed by atoms with van der Waals surface area (Å²) in [7, 11) is 0. The van der Waals surface area contributed by atoms with Gasteiger partial charge in [-0.3, -0.25) is 0 Å². The van der Waals surface area contributed by atoms with Gasteiger partial charge in [-0.2, -0.15) is 0 Å². The molecule has 2 nitrogen and oxygen atoms in total. The minimum absolute atomic E-state index is 0.464. The van der Waals surface area contributed by atoms with Crippen molar-refractivity contribution < 1.29 is 4.74 Å². The molecule has 0 bridgehead atoms. The van der Waals surface area contributed by atoms with Crippen LogP contribution in [-0.2, 0) is 6.54 Å². The van der Waals surface area contributed by atoms with Crippen LogP contribution >= 0.6 is 12.2 Å². The zero-order valence-electron chi connectivity index (χ0n) is 6.76. The van der Waals surface area contributed by atoms with Crippen LogP contribution < -0.4 is 10.1 Å². The molecule has 0 amide bonds. The van der Waals surface area contributed by atoms with Crippen molar-refractivity contribution in [1.29, 1.82) is 0 Å². The average molecular weight is 179 g/mol. The number of ether oxygens (including phenoxy) is 1. The summed E-state index contributed by atoms with van der Waals surface area (Å²) in [5, 5.41) is 3.44. The van der Waals surface area contributed by atoms with Crippen LogP contribution in [0.15, 0.2) is 18.2 Å². The zero-order chi connectivity index (χ0) is 8.55. The molecule has 1 N–H and O–H groups in total. The Morgan fingerprint density at radius 2 is 2.33 bits per heavy atom. The highest BCUT2D eigenvalue weighted by Gasteiger charge is 2.12. The molecule has 0 aliphatic carbocycles. The van der Waals surface area contributed by atoms with E-state index in [2.05, 4.69) is 18.3 Å². The molecule has 1 aliphatic rings. The highest BCUT2D eigenvalue weighted by molar-refractivity contribution is 7.80. The summed E-state index contributed by atoms with van der Waals surface area (Å²) in [4.78, 5) is 0. The predicted molar refractivity (Wildman–Crippen MR) is 51.2 cm³/mol. The molecule has 0 fully saturated rings. The molecule has 3 heteroatoms. The Hall–Kier alpha value is -1.09. The van der Waals surface area contributed by atoms with Gasteiger partial charge in [0.25, 0.3) is 5.17 Å². The van der Waals surface area contributed by atoms with Gasteiger partial charge in [-0.1, -0.05) is 17.7 Å². The second-order valence-corrected chi connectivity index (χ2v) is 3.23. The largest absolute Gasteiger partial charge is 0.432 e. The van der Waals surface area contributed by atoms with Crippen LogP contribution in [0.25, 0.3) is 0 Å². The summed E-state index contributed by atoms with van der Waals surface area (Å²) in [6.45, 7) is 2.84. The lowest BCUT2D eigenvalue weighted by atomic mass is 10.1. The van der Waals surface area contributed by atoms with Crippen molar-refractivity contribution in [1.82, 2.24) is 5.32 Å². The van der Waals surface area contributed by atoms with E-state index in [0.29, 0.717) is 5.17 Å². The Bertz CT molecular complexity index is 335. The van der Waals surface area contributed by atoms with E-state index in [0.717, 1.165) is 12.3 Å². The second kappa shape index (κ2) is 2.75. The van der Waals surface area contributed by atoms with E-state index in [-0.39, 0.29) is 0 Å². The molecule has 2 rings (SSSR count).